The van der Waals surface area contributed by atoms with E-state index in [-0.39, 0.29) is 12.0 Å². The number of aliphatic hydroxyl groups is 2. The highest BCUT2D eigenvalue weighted by Gasteiger charge is 2.44. The van der Waals surface area contributed by atoms with Crippen LogP contribution in [0.15, 0.2) is 35.1 Å². The summed E-state index contributed by atoms with van der Waals surface area (Å²) in [4.78, 5) is 13.2. The van der Waals surface area contributed by atoms with Gasteiger partial charge in [0.05, 0.1) is 27.5 Å². The van der Waals surface area contributed by atoms with Gasteiger partial charge >= 0.3 is 0 Å². The zero-order valence-electron chi connectivity index (χ0n) is 18.7. The summed E-state index contributed by atoms with van der Waals surface area (Å²) >= 11 is 3.43. The fourth-order valence-electron chi connectivity index (χ4n) is 5.96. The Balaban J connectivity index is 1.26. The number of aryl methyl sites for hydroxylation is 2. The Labute approximate surface area is 205 Å². The Kier molecular flexibility index (Phi) is 5.24. The van der Waals surface area contributed by atoms with Crippen LogP contribution in [-0.4, -0.2) is 41.9 Å². The fourth-order valence-corrected chi connectivity index (χ4v) is 6.30. The summed E-state index contributed by atoms with van der Waals surface area (Å²) < 4.78 is 2.93. The Bertz CT molecular complexity index is 1420. The number of nitrogens with zero attached hydrogens (tertiary/aromatic N) is 4. The number of hydrogen-bond donors (Lipinski definition) is 4. The molecule has 4 atom stereocenters. The molecule has 1 fully saturated rings. The van der Waals surface area contributed by atoms with E-state index in [2.05, 4.69) is 47.6 Å². The number of nitrogen functional groups attached to an aromatic ring is 2. The first-order chi connectivity index (χ1) is 16.4. The maximum absolute atomic E-state index is 11.1. The summed E-state index contributed by atoms with van der Waals surface area (Å²) in [5.74, 6) is 0.939. The Hall–Kier alpha value is -2.75. The summed E-state index contributed by atoms with van der Waals surface area (Å²) in [7, 11) is 0. The summed E-state index contributed by atoms with van der Waals surface area (Å²) in [6.45, 7) is 0. The standard InChI is InChI=1S/C25H27BrN6O2/c26-16-9-13-6-4-12(8-17(13)31-23(16)27)5-7-14-10-19(22(34)21(14)33)32-18-3-1-2-15(18)20-24(28)29-11-30-25(20)32/h4,6,8-9,11,14,19,21-22,33-34H,1-3,5,7,10H2,(H2,27,31)(H2,28,29,30)/t14-,19?,21+,22-/m0/s1. The number of aliphatic hydroxyl groups excluding tert-OH is 2. The van der Waals surface area contributed by atoms with Crippen molar-refractivity contribution in [1.82, 2.24) is 19.5 Å². The van der Waals surface area contributed by atoms with Crippen LogP contribution in [0.3, 0.4) is 0 Å². The molecular formula is C25H27BrN6O2. The molecule has 0 amide bonds. The van der Waals surface area contributed by atoms with Gasteiger partial charge in [0.2, 0.25) is 0 Å². The third kappa shape index (κ3) is 3.37. The molecule has 0 aliphatic heterocycles. The minimum Gasteiger partial charge on any atom is -0.390 e. The Morgan fingerprint density at radius 1 is 1.06 bits per heavy atom. The molecule has 2 aliphatic carbocycles. The van der Waals surface area contributed by atoms with Crippen LogP contribution in [0.5, 0.6) is 0 Å². The van der Waals surface area contributed by atoms with Gasteiger partial charge in [0.1, 0.15) is 29.7 Å². The molecule has 2 aliphatic rings. The molecule has 0 spiro atoms. The molecule has 1 aromatic carbocycles. The minimum absolute atomic E-state index is 0.0210. The van der Waals surface area contributed by atoms with Gasteiger partial charge in [-0.25, -0.2) is 15.0 Å². The first-order valence-electron chi connectivity index (χ1n) is 11.7. The van der Waals surface area contributed by atoms with E-state index in [0.29, 0.717) is 18.1 Å². The number of benzene rings is 1. The average Bonchev–Trinajstić information content (AvgIpc) is 3.48. The Morgan fingerprint density at radius 2 is 1.91 bits per heavy atom. The molecule has 34 heavy (non-hydrogen) atoms. The molecule has 176 valence electrons. The van der Waals surface area contributed by atoms with Crippen LogP contribution in [0, 0.1) is 5.92 Å². The van der Waals surface area contributed by atoms with Crippen LogP contribution >= 0.6 is 15.9 Å². The molecule has 3 heterocycles. The first kappa shape index (κ1) is 21.8. The smallest absolute Gasteiger partial charge is 0.146 e. The third-order valence-corrected chi connectivity index (χ3v) is 8.27. The zero-order valence-corrected chi connectivity index (χ0v) is 20.2. The predicted octanol–water partition coefficient (Wildman–Crippen LogP) is 3.31. The molecule has 6 N–H and O–H groups in total. The van der Waals surface area contributed by atoms with Gasteiger partial charge < -0.3 is 26.2 Å². The molecule has 4 aromatic rings. The van der Waals surface area contributed by atoms with Crippen LogP contribution in [0.4, 0.5) is 11.6 Å². The number of fused-ring (bicyclic) bond motifs is 4. The molecule has 8 nitrogen and oxygen atoms in total. The average molecular weight is 523 g/mol. The monoisotopic (exact) mass is 522 g/mol. The maximum atomic E-state index is 11.1. The number of hydrogen-bond acceptors (Lipinski definition) is 7. The normalized spacial score (nSPS) is 24.3. The molecule has 1 unspecified atom stereocenters. The molecule has 0 radical (unpaired) electrons. The topological polar surface area (TPSA) is 136 Å². The van der Waals surface area contributed by atoms with Gasteiger partial charge in [-0.2, -0.15) is 0 Å². The van der Waals surface area contributed by atoms with Crippen LogP contribution in [0.25, 0.3) is 21.9 Å². The molecule has 0 saturated heterocycles. The van der Waals surface area contributed by atoms with E-state index in [1.807, 2.05) is 12.1 Å². The van der Waals surface area contributed by atoms with Gasteiger partial charge in [-0.3, -0.25) is 0 Å². The number of aromatic nitrogens is 4. The van der Waals surface area contributed by atoms with Crippen molar-refractivity contribution in [3.63, 3.8) is 0 Å². The lowest BCUT2D eigenvalue weighted by Gasteiger charge is -2.21. The van der Waals surface area contributed by atoms with Gasteiger partial charge in [-0.1, -0.05) is 12.1 Å². The van der Waals surface area contributed by atoms with Crippen molar-refractivity contribution in [2.45, 2.75) is 56.8 Å². The first-order valence-corrected chi connectivity index (χ1v) is 12.5. The highest BCUT2D eigenvalue weighted by atomic mass is 79.9. The third-order valence-electron chi connectivity index (χ3n) is 7.64. The van der Waals surface area contributed by atoms with Gasteiger partial charge in [0.15, 0.2) is 0 Å². The molecular weight excluding hydrogens is 496 g/mol. The number of anilines is 2. The van der Waals surface area contributed by atoms with E-state index in [1.165, 1.54) is 17.6 Å². The van der Waals surface area contributed by atoms with Crippen LogP contribution < -0.4 is 11.5 Å². The van der Waals surface area contributed by atoms with Crippen molar-refractivity contribution in [3.05, 3.63) is 51.9 Å². The van der Waals surface area contributed by atoms with E-state index < -0.39 is 12.2 Å². The van der Waals surface area contributed by atoms with E-state index in [9.17, 15) is 10.2 Å². The van der Waals surface area contributed by atoms with Gasteiger partial charge in [-0.15, -0.1) is 0 Å². The number of rotatable bonds is 4. The minimum atomic E-state index is -0.850. The zero-order chi connectivity index (χ0) is 23.6. The van der Waals surface area contributed by atoms with Gasteiger partial charge in [-0.05, 0) is 83.6 Å². The summed E-state index contributed by atoms with van der Waals surface area (Å²) in [6, 6.07) is 7.94. The van der Waals surface area contributed by atoms with E-state index in [1.54, 1.807) is 0 Å². The number of pyridine rings is 1. The SMILES string of the molecule is Nc1nc2cc(CC[C@H]3CC(n4c5c(c6c(N)ncnc64)CCC5)[C@H](O)[C@@H]3O)ccc2cc1Br. The van der Waals surface area contributed by atoms with Crippen LogP contribution in [-0.2, 0) is 19.3 Å². The molecule has 6 rings (SSSR count). The Morgan fingerprint density at radius 3 is 2.76 bits per heavy atom. The number of nitrogens with two attached hydrogens (primary N) is 2. The largest absolute Gasteiger partial charge is 0.390 e. The van der Waals surface area contributed by atoms with Crippen molar-refractivity contribution in [2.24, 2.45) is 5.92 Å². The quantitative estimate of drug-likeness (QED) is 0.322. The number of halogens is 1. The summed E-state index contributed by atoms with van der Waals surface area (Å²) in [5.41, 5.74) is 17.3. The molecule has 0 bridgehead atoms. The van der Waals surface area contributed by atoms with Crippen molar-refractivity contribution in [1.29, 1.82) is 0 Å². The molecule has 1 saturated carbocycles. The van der Waals surface area contributed by atoms with E-state index >= 15 is 0 Å². The second-order valence-corrected chi connectivity index (χ2v) is 10.4. The molecule has 9 heteroatoms. The maximum Gasteiger partial charge on any atom is 0.146 e. The predicted molar refractivity (Wildman–Crippen MR) is 135 cm³/mol. The summed E-state index contributed by atoms with van der Waals surface area (Å²) in [6.07, 6.45) is 5.02. The van der Waals surface area contributed by atoms with Crippen LogP contribution in [0.1, 0.15) is 42.1 Å². The van der Waals surface area contributed by atoms with Crippen molar-refractivity contribution in [2.75, 3.05) is 11.5 Å². The molecule has 3 aromatic heterocycles. The van der Waals surface area contributed by atoms with E-state index in [0.717, 1.165) is 64.1 Å². The summed E-state index contributed by atoms with van der Waals surface area (Å²) in [5, 5.41) is 24.0. The van der Waals surface area contributed by atoms with Crippen LogP contribution in [0.2, 0.25) is 0 Å². The van der Waals surface area contributed by atoms with Gasteiger partial charge in [0.25, 0.3) is 0 Å². The highest BCUT2D eigenvalue weighted by molar-refractivity contribution is 9.10. The fraction of sp³-hybridized carbons (Fsp3) is 0.400. The van der Waals surface area contributed by atoms with Crippen molar-refractivity contribution >= 4 is 49.5 Å². The van der Waals surface area contributed by atoms with Gasteiger partial charge in [0, 0.05) is 11.1 Å². The lowest BCUT2D eigenvalue weighted by Crippen LogP contribution is -2.30. The van der Waals surface area contributed by atoms with E-state index in [4.69, 9.17) is 11.5 Å². The lowest BCUT2D eigenvalue weighted by atomic mass is 9.95. The highest BCUT2D eigenvalue weighted by Crippen LogP contribution is 2.44. The second kappa shape index (κ2) is 8.18. The van der Waals surface area contributed by atoms with Crippen molar-refractivity contribution in [3.8, 4) is 0 Å². The second-order valence-electron chi connectivity index (χ2n) is 9.57. The lowest BCUT2D eigenvalue weighted by molar-refractivity contribution is 0.00517. The van der Waals surface area contributed by atoms with Crippen molar-refractivity contribution < 1.29 is 10.2 Å².